The van der Waals surface area contributed by atoms with Gasteiger partial charge in [-0.05, 0) is 13.8 Å². The van der Waals surface area contributed by atoms with E-state index in [0.29, 0.717) is 16.7 Å². The first kappa shape index (κ1) is 10.3. The zero-order valence-electron chi connectivity index (χ0n) is 7.69. The first-order chi connectivity index (χ1) is 6.08. The second-order valence-corrected chi connectivity index (χ2v) is 3.86. The van der Waals surface area contributed by atoms with E-state index in [1.807, 2.05) is 6.92 Å². The van der Waals surface area contributed by atoms with Crippen molar-refractivity contribution in [1.82, 2.24) is 9.97 Å². The molecule has 1 aromatic rings. The van der Waals surface area contributed by atoms with E-state index in [-0.39, 0.29) is 6.10 Å². The molecule has 0 aliphatic heterocycles. The van der Waals surface area contributed by atoms with Crippen LogP contribution in [0.15, 0.2) is 11.2 Å². The van der Waals surface area contributed by atoms with E-state index < -0.39 is 0 Å². The molecule has 1 atom stereocenters. The minimum atomic E-state index is -0.352. The van der Waals surface area contributed by atoms with Gasteiger partial charge in [-0.3, -0.25) is 0 Å². The number of aliphatic hydroxyl groups excluding tert-OH is 1. The van der Waals surface area contributed by atoms with Crippen LogP contribution < -0.4 is 5.73 Å². The van der Waals surface area contributed by atoms with Gasteiger partial charge in [0.2, 0.25) is 0 Å². The molecule has 0 aliphatic carbocycles. The van der Waals surface area contributed by atoms with Crippen molar-refractivity contribution in [1.29, 1.82) is 0 Å². The molecule has 0 radical (unpaired) electrons. The molecule has 0 saturated heterocycles. The summed E-state index contributed by atoms with van der Waals surface area (Å²) in [6.45, 7) is 3.59. The minimum Gasteiger partial charge on any atom is -0.393 e. The second kappa shape index (κ2) is 4.43. The summed E-state index contributed by atoms with van der Waals surface area (Å²) in [4.78, 5) is 8.19. The molecule has 13 heavy (non-hydrogen) atoms. The zero-order chi connectivity index (χ0) is 9.84. The molecule has 0 amide bonds. The van der Waals surface area contributed by atoms with Crippen molar-refractivity contribution < 1.29 is 5.11 Å². The van der Waals surface area contributed by atoms with E-state index in [1.165, 1.54) is 11.8 Å². The third-order valence-electron chi connectivity index (χ3n) is 1.31. The number of nitrogens with zero attached hydrogens (tertiary/aromatic N) is 2. The smallest absolute Gasteiger partial charge is 0.189 e. The Morgan fingerprint density at radius 2 is 2.31 bits per heavy atom. The number of hydrogen-bond donors (Lipinski definition) is 2. The van der Waals surface area contributed by atoms with E-state index >= 15 is 0 Å². The number of nitrogen functional groups attached to an aromatic ring is 1. The first-order valence-electron chi connectivity index (χ1n) is 4.00. The van der Waals surface area contributed by atoms with Crippen LogP contribution in [0.2, 0.25) is 0 Å². The third kappa shape index (κ3) is 3.61. The summed E-state index contributed by atoms with van der Waals surface area (Å²) >= 11 is 1.40. The fraction of sp³-hybridized carbons (Fsp3) is 0.500. The van der Waals surface area contributed by atoms with E-state index in [0.717, 1.165) is 5.69 Å². The largest absolute Gasteiger partial charge is 0.393 e. The fourth-order valence-electron chi connectivity index (χ4n) is 0.825. The Bertz CT molecular complexity index is 270. The Morgan fingerprint density at radius 3 is 2.85 bits per heavy atom. The molecule has 72 valence electrons. The van der Waals surface area contributed by atoms with Gasteiger partial charge in [-0.15, -0.1) is 0 Å². The van der Waals surface area contributed by atoms with E-state index in [2.05, 4.69) is 9.97 Å². The van der Waals surface area contributed by atoms with Crippen molar-refractivity contribution in [3.05, 3.63) is 11.8 Å². The second-order valence-electron chi connectivity index (χ2n) is 2.88. The maximum Gasteiger partial charge on any atom is 0.189 e. The van der Waals surface area contributed by atoms with Crippen molar-refractivity contribution in [2.75, 3.05) is 11.5 Å². The molecule has 3 N–H and O–H groups in total. The van der Waals surface area contributed by atoms with Gasteiger partial charge in [0.25, 0.3) is 0 Å². The summed E-state index contributed by atoms with van der Waals surface area (Å²) in [6.07, 6.45) is -0.352. The first-order valence-corrected chi connectivity index (χ1v) is 4.98. The van der Waals surface area contributed by atoms with Gasteiger partial charge in [0, 0.05) is 17.5 Å². The topological polar surface area (TPSA) is 72.0 Å². The van der Waals surface area contributed by atoms with Crippen molar-refractivity contribution in [2.45, 2.75) is 25.1 Å². The summed E-state index contributed by atoms with van der Waals surface area (Å²) in [6, 6.07) is 1.71. The molecule has 0 fully saturated rings. The van der Waals surface area contributed by atoms with Crippen LogP contribution in [-0.2, 0) is 0 Å². The summed E-state index contributed by atoms with van der Waals surface area (Å²) < 4.78 is 0. The Kier molecular flexibility index (Phi) is 3.50. The highest BCUT2D eigenvalue weighted by Gasteiger charge is 2.02. The predicted octanol–water partition coefficient (Wildman–Crippen LogP) is 0.840. The standard InChI is InChI=1S/C8H13N3OS/c1-5-3-7(9)11-8(10-5)13-4-6(2)12/h3,6,12H,4H2,1-2H3,(H2,9,10,11). The average molecular weight is 199 g/mol. The molecule has 0 aliphatic rings. The van der Waals surface area contributed by atoms with Crippen LogP contribution in [0.25, 0.3) is 0 Å². The third-order valence-corrected chi connectivity index (χ3v) is 2.40. The van der Waals surface area contributed by atoms with Crippen LogP contribution in [-0.4, -0.2) is 26.9 Å². The van der Waals surface area contributed by atoms with Crippen LogP contribution in [0.4, 0.5) is 5.82 Å². The lowest BCUT2D eigenvalue weighted by atomic mass is 10.4. The number of nitrogens with two attached hydrogens (primary N) is 1. The van der Waals surface area contributed by atoms with Gasteiger partial charge in [-0.1, -0.05) is 11.8 Å². The Labute approximate surface area is 81.6 Å². The molecule has 4 nitrogen and oxygen atoms in total. The summed E-state index contributed by atoms with van der Waals surface area (Å²) in [7, 11) is 0. The number of aromatic nitrogens is 2. The zero-order valence-corrected chi connectivity index (χ0v) is 8.51. The van der Waals surface area contributed by atoms with Gasteiger partial charge in [-0.25, -0.2) is 9.97 Å². The van der Waals surface area contributed by atoms with E-state index in [9.17, 15) is 0 Å². The molecule has 1 heterocycles. The molecular weight excluding hydrogens is 186 g/mol. The number of aliphatic hydroxyl groups is 1. The molecule has 0 aromatic carbocycles. The van der Waals surface area contributed by atoms with Gasteiger partial charge in [0.1, 0.15) is 5.82 Å². The lowest BCUT2D eigenvalue weighted by Gasteiger charge is -2.03. The van der Waals surface area contributed by atoms with Crippen molar-refractivity contribution in [3.8, 4) is 0 Å². The fourth-order valence-corrected chi connectivity index (χ4v) is 1.59. The lowest BCUT2D eigenvalue weighted by molar-refractivity contribution is 0.220. The van der Waals surface area contributed by atoms with E-state index in [4.69, 9.17) is 10.8 Å². The van der Waals surface area contributed by atoms with E-state index in [1.54, 1.807) is 13.0 Å². The molecular formula is C8H13N3OS. The quantitative estimate of drug-likeness (QED) is 0.557. The highest BCUT2D eigenvalue weighted by molar-refractivity contribution is 7.99. The monoisotopic (exact) mass is 199 g/mol. The van der Waals surface area contributed by atoms with Gasteiger partial charge < -0.3 is 10.8 Å². The molecule has 1 unspecified atom stereocenters. The average Bonchev–Trinajstić information content (AvgIpc) is 1.99. The summed E-state index contributed by atoms with van der Waals surface area (Å²) in [5.41, 5.74) is 6.39. The van der Waals surface area contributed by atoms with Crippen LogP contribution in [0.1, 0.15) is 12.6 Å². The number of rotatable bonds is 3. The number of hydrogen-bond acceptors (Lipinski definition) is 5. The lowest BCUT2D eigenvalue weighted by Crippen LogP contribution is -2.04. The number of anilines is 1. The Hall–Kier alpha value is -0.810. The highest BCUT2D eigenvalue weighted by Crippen LogP contribution is 2.15. The van der Waals surface area contributed by atoms with Gasteiger partial charge in [0.05, 0.1) is 6.10 Å². The van der Waals surface area contributed by atoms with Crippen LogP contribution >= 0.6 is 11.8 Å². The normalized spacial score (nSPS) is 12.8. The number of aryl methyl sites for hydroxylation is 1. The molecule has 0 spiro atoms. The predicted molar refractivity (Wildman–Crippen MR) is 53.6 cm³/mol. The molecule has 5 heteroatoms. The SMILES string of the molecule is Cc1cc(N)nc(SCC(C)O)n1. The summed E-state index contributed by atoms with van der Waals surface area (Å²) in [5.74, 6) is 1.06. The van der Waals surface area contributed by atoms with Crippen molar-refractivity contribution in [3.63, 3.8) is 0 Å². The minimum absolute atomic E-state index is 0.352. The van der Waals surface area contributed by atoms with Crippen LogP contribution in [0.5, 0.6) is 0 Å². The molecule has 1 rings (SSSR count). The van der Waals surface area contributed by atoms with Gasteiger partial charge in [0.15, 0.2) is 5.16 Å². The Balaban J connectivity index is 2.66. The van der Waals surface area contributed by atoms with Crippen LogP contribution in [0, 0.1) is 6.92 Å². The van der Waals surface area contributed by atoms with Gasteiger partial charge >= 0.3 is 0 Å². The van der Waals surface area contributed by atoms with Crippen LogP contribution in [0.3, 0.4) is 0 Å². The van der Waals surface area contributed by atoms with Crippen molar-refractivity contribution in [2.24, 2.45) is 0 Å². The highest BCUT2D eigenvalue weighted by atomic mass is 32.2. The maximum atomic E-state index is 9.04. The number of thioether (sulfide) groups is 1. The van der Waals surface area contributed by atoms with Crippen molar-refractivity contribution >= 4 is 17.6 Å². The molecule has 0 saturated carbocycles. The molecule has 0 bridgehead atoms. The maximum absolute atomic E-state index is 9.04. The Morgan fingerprint density at radius 1 is 1.62 bits per heavy atom. The van der Waals surface area contributed by atoms with Gasteiger partial charge in [-0.2, -0.15) is 0 Å². The summed E-state index contributed by atoms with van der Waals surface area (Å²) in [5, 5.41) is 9.67. The molecule has 1 aromatic heterocycles.